The number of hydrogen-bond donors (Lipinski definition) is 1. The van der Waals surface area contributed by atoms with Crippen molar-refractivity contribution in [2.24, 2.45) is 0 Å². The lowest BCUT2D eigenvalue weighted by molar-refractivity contribution is 0.0285. The molecule has 0 saturated carbocycles. The van der Waals surface area contributed by atoms with Crippen molar-refractivity contribution in [2.75, 3.05) is 0 Å². The van der Waals surface area contributed by atoms with Gasteiger partial charge in [0.05, 0.1) is 11.1 Å². The Labute approximate surface area is 102 Å². The van der Waals surface area contributed by atoms with Crippen molar-refractivity contribution in [3.05, 3.63) is 41.6 Å². The average molecular weight is 229 g/mol. The molecule has 0 aliphatic carbocycles. The molecule has 0 fully saturated rings. The van der Waals surface area contributed by atoms with E-state index in [0.717, 1.165) is 35.0 Å². The molecule has 1 aromatic heterocycles. The second-order valence-corrected chi connectivity index (χ2v) is 4.60. The Bertz CT molecular complexity index is 529. The van der Waals surface area contributed by atoms with E-state index >= 15 is 0 Å². The van der Waals surface area contributed by atoms with E-state index in [1.54, 1.807) is 0 Å². The Kier molecular flexibility index (Phi) is 3.16. The van der Waals surface area contributed by atoms with Gasteiger partial charge in [-0.25, -0.2) is 0 Å². The van der Waals surface area contributed by atoms with Crippen LogP contribution in [0, 0.1) is 6.92 Å². The number of pyridine rings is 1. The fourth-order valence-electron chi connectivity index (χ4n) is 2.18. The van der Waals surface area contributed by atoms with Gasteiger partial charge >= 0.3 is 0 Å². The third-order valence-corrected chi connectivity index (χ3v) is 3.54. The average Bonchev–Trinajstić information content (AvgIpc) is 2.37. The largest absolute Gasteiger partial charge is 0.385 e. The predicted molar refractivity (Wildman–Crippen MR) is 71.0 cm³/mol. The molecule has 0 unspecified atom stereocenters. The highest BCUT2D eigenvalue weighted by Gasteiger charge is 2.24. The van der Waals surface area contributed by atoms with Crippen molar-refractivity contribution in [2.45, 2.75) is 39.2 Å². The Morgan fingerprint density at radius 1 is 1.12 bits per heavy atom. The number of rotatable bonds is 3. The molecule has 0 amide bonds. The molecular weight excluding hydrogens is 210 g/mol. The molecule has 1 aromatic carbocycles. The normalized spacial score (nSPS) is 12.0. The summed E-state index contributed by atoms with van der Waals surface area (Å²) < 4.78 is 0. The van der Waals surface area contributed by atoms with Gasteiger partial charge in [0, 0.05) is 11.1 Å². The molecule has 0 atom stereocenters. The molecule has 2 nitrogen and oxygen atoms in total. The summed E-state index contributed by atoms with van der Waals surface area (Å²) in [4.78, 5) is 4.47. The summed E-state index contributed by atoms with van der Waals surface area (Å²) >= 11 is 0. The van der Waals surface area contributed by atoms with Gasteiger partial charge in [-0.2, -0.15) is 0 Å². The Balaban J connectivity index is 2.55. The zero-order valence-corrected chi connectivity index (χ0v) is 10.7. The van der Waals surface area contributed by atoms with Crippen LogP contribution >= 0.6 is 0 Å². The van der Waals surface area contributed by atoms with E-state index in [9.17, 15) is 5.11 Å². The number of nitrogens with zero attached hydrogens (tertiary/aromatic N) is 1. The van der Waals surface area contributed by atoms with Crippen molar-refractivity contribution in [3.63, 3.8) is 0 Å². The SMILES string of the molecule is CCC(O)(CC)c1ccc2nc(C)ccc2c1. The molecule has 90 valence electrons. The molecule has 17 heavy (non-hydrogen) atoms. The van der Waals surface area contributed by atoms with Gasteiger partial charge in [-0.05, 0) is 43.5 Å². The molecule has 0 spiro atoms. The number of aliphatic hydroxyl groups is 1. The third kappa shape index (κ3) is 2.18. The summed E-state index contributed by atoms with van der Waals surface area (Å²) in [5, 5.41) is 11.6. The summed E-state index contributed by atoms with van der Waals surface area (Å²) in [5.41, 5.74) is 2.29. The monoisotopic (exact) mass is 229 g/mol. The van der Waals surface area contributed by atoms with Gasteiger partial charge in [-0.1, -0.05) is 26.0 Å². The molecule has 0 radical (unpaired) electrons. The highest BCUT2D eigenvalue weighted by molar-refractivity contribution is 5.79. The lowest BCUT2D eigenvalue weighted by Gasteiger charge is -2.26. The standard InChI is InChI=1S/C15H19NO/c1-4-15(17,5-2)13-8-9-14-12(10-13)7-6-11(3)16-14/h6-10,17H,4-5H2,1-3H3. The van der Waals surface area contributed by atoms with Crippen LogP contribution < -0.4 is 0 Å². The number of fused-ring (bicyclic) bond motifs is 1. The van der Waals surface area contributed by atoms with Crippen LogP contribution in [0.4, 0.5) is 0 Å². The van der Waals surface area contributed by atoms with Crippen LogP contribution in [0.2, 0.25) is 0 Å². The van der Waals surface area contributed by atoms with Crippen LogP contribution in [-0.4, -0.2) is 10.1 Å². The molecule has 1 heterocycles. The summed E-state index contributed by atoms with van der Waals surface area (Å²) in [5.74, 6) is 0. The molecular formula is C15H19NO. The first kappa shape index (κ1) is 12.1. The highest BCUT2D eigenvalue weighted by atomic mass is 16.3. The third-order valence-electron chi connectivity index (χ3n) is 3.54. The van der Waals surface area contributed by atoms with E-state index in [0.29, 0.717) is 0 Å². The minimum Gasteiger partial charge on any atom is -0.385 e. The van der Waals surface area contributed by atoms with Crippen molar-refractivity contribution in [1.29, 1.82) is 0 Å². The van der Waals surface area contributed by atoms with Crippen LogP contribution in [0.3, 0.4) is 0 Å². The van der Waals surface area contributed by atoms with E-state index in [-0.39, 0.29) is 0 Å². The molecule has 0 aliphatic heterocycles. The topological polar surface area (TPSA) is 33.1 Å². The van der Waals surface area contributed by atoms with Crippen molar-refractivity contribution >= 4 is 10.9 Å². The Morgan fingerprint density at radius 2 is 1.82 bits per heavy atom. The van der Waals surface area contributed by atoms with E-state index in [2.05, 4.69) is 17.1 Å². The number of benzene rings is 1. The van der Waals surface area contributed by atoms with Gasteiger partial charge < -0.3 is 5.11 Å². The van der Waals surface area contributed by atoms with Gasteiger partial charge in [-0.15, -0.1) is 0 Å². The molecule has 2 heteroatoms. The van der Waals surface area contributed by atoms with E-state index in [1.807, 2.05) is 39.0 Å². The summed E-state index contributed by atoms with van der Waals surface area (Å²) in [6.45, 7) is 6.02. The smallest absolute Gasteiger partial charge is 0.0891 e. The number of aromatic nitrogens is 1. The molecule has 0 saturated heterocycles. The molecule has 0 aliphatic rings. The second kappa shape index (κ2) is 4.46. The van der Waals surface area contributed by atoms with Crippen molar-refractivity contribution in [1.82, 2.24) is 4.98 Å². The summed E-state index contributed by atoms with van der Waals surface area (Å²) in [6.07, 6.45) is 1.46. The van der Waals surface area contributed by atoms with Crippen molar-refractivity contribution < 1.29 is 5.11 Å². The number of aryl methyl sites for hydroxylation is 1. The molecule has 0 bridgehead atoms. The minimum absolute atomic E-state index is 0.709. The molecule has 2 rings (SSSR count). The fourth-order valence-corrected chi connectivity index (χ4v) is 2.18. The Morgan fingerprint density at radius 3 is 2.47 bits per heavy atom. The van der Waals surface area contributed by atoms with E-state index in [4.69, 9.17) is 0 Å². The van der Waals surface area contributed by atoms with Crippen LogP contribution in [0.25, 0.3) is 10.9 Å². The minimum atomic E-state index is -0.709. The lowest BCUT2D eigenvalue weighted by atomic mass is 9.88. The highest BCUT2D eigenvalue weighted by Crippen LogP contribution is 2.30. The van der Waals surface area contributed by atoms with Gasteiger partial charge in [0.1, 0.15) is 0 Å². The van der Waals surface area contributed by atoms with Gasteiger partial charge in [-0.3, -0.25) is 4.98 Å². The van der Waals surface area contributed by atoms with Crippen LogP contribution in [0.1, 0.15) is 37.9 Å². The molecule has 2 aromatic rings. The summed E-state index contributed by atoms with van der Waals surface area (Å²) in [7, 11) is 0. The maximum absolute atomic E-state index is 10.5. The predicted octanol–water partition coefficient (Wildman–Crippen LogP) is 3.55. The first-order valence-electron chi connectivity index (χ1n) is 6.19. The van der Waals surface area contributed by atoms with E-state index < -0.39 is 5.60 Å². The molecule has 1 N–H and O–H groups in total. The number of hydrogen-bond acceptors (Lipinski definition) is 2. The Hall–Kier alpha value is -1.41. The lowest BCUT2D eigenvalue weighted by Crippen LogP contribution is -2.23. The first-order chi connectivity index (χ1) is 8.09. The fraction of sp³-hybridized carbons (Fsp3) is 0.400. The maximum Gasteiger partial charge on any atom is 0.0891 e. The second-order valence-electron chi connectivity index (χ2n) is 4.60. The first-order valence-corrected chi connectivity index (χ1v) is 6.19. The van der Waals surface area contributed by atoms with Gasteiger partial charge in [0.25, 0.3) is 0 Å². The zero-order chi connectivity index (χ0) is 12.5. The van der Waals surface area contributed by atoms with Crippen LogP contribution in [-0.2, 0) is 5.60 Å². The summed E-state index contributed by atoms with van der Waals surface area (Å²) in [6, 6.07) is 10.1. The van der Waals surface area contributed by atoms with Gasteiger partial charge in [0.15, 0.2) is 0 Å². The van der Waals surface area contributed by atoms with Crippen LogP contribution in [0.15, 0.2) is 30.3 Å². The van der Waals surface area contributed by atoms with Gasteiger partial charge in [0.2, 0.25) is 0 Å². The van der Waals surface area contributed by atoms with E-state index in [1.165, 1.54) is 0 Å². The zero-order valence-electron chi connectivity index (χ0n) is 10.7. The maximum atomic E-state index is 10.5. The van der Waals surface area contributed by atoms with Crippen LogP contribution in [0.5, 0.6) is 0 Å². The van der Waals surface area contributed by atoms with Crippen molar-refractivity contribution in [3.8, 4) is 0 Å². The quantitative estimate of drug-likeness (QED) is 0.873.